The molecule has 7 aromatic rings. The molecule has 0 spiro atoms. The summed E-state index contributed by atoms with van der Waals surface area (Å²) in [5.41, 5.74) is 8.92. The van der Waals surface area contributed by atoms with Gasteiger partial charge in [-0.15, -0.1) is 0 Å². The maximum absolute atomic E-state index is 9.42. The van der Waals surface area contributed by atoms with Crippen LogP contribution >= 0.6 is 0 Å². The molecule has 0 radical (unpaired) electrons. The van der Waals surface area contributed by atoms with Gasteiger partial charge in [0.05, 0.1) is 22.7 Å². The minimum Gasteiger partial charge on any atom is -0.344 e. The normalized spacial score (nSPS) is 11.5. The zero-order chi connectivity index (χ0) is 23.5. The summed E-state index contributed by atoms with van der Waals surface area (Å²) in [4.78, 5) is 0. The second-order valence-corrected chi connectivity index (χ2v) is 9.05. The Morgan fingerprint density at radius 3 is 1.86 bits per heavy atom. The van der Waals surface area contributed by atoms with Gasteiger partial charge in [0.15, 0.2) is 0 Å². The molecule has 35 heavy (non-hydrogen) atoms. The average molecular weight is 448 g/mol. The van der Waals surface area contributed by atoms with Gasteiger partial charge in [-0.1, -0.05) is 48.5 Å². The van der Waals surface area contributed by atoms with Gasteiger partial charge < -0.3 is 9.13 Å². The number of para-hydroxylation sites is 2. The third-order valence-corrected chi connectivity index (χ3v) is 7.16. The number of hydrogen-bond donors (Lipinski definition) is 0. The average Bonchev–Trinajstić information content (AvgIpc) is 3.40. The summed E-state index contributed by atoms with van der Waals surface area (Å²) >= 11 is 0. The predicted molar refractivity (Wildman–Crippen MR) is 145 cm³/mol. The summed E-state index contributed by atoms with van der Waals surface area (Å²) < 4.78 is 4.54. The summed E-state index contributed by atoms with van der Waals surface area (Å²) in [7, 11) is 2.08. The number of nitriles is 1. The lowest BCUT2D eigenvalue weighted by molar-refractivity contribution is 1.01. The largest absolute Gasteiger partial charge is 0.344 e. The molecule has 0 fully saturated rings. The van der Waals surface area contributed by atoms with Gasteiger partial charge in [0.1, 0.15) is 0 Å². The fraction of sp³-hybridized carbons (Fsp3) is 0.0312. The maximum atomic E-state index is 9.42. The van der Waals surface area contributed by atoms with E-state index >= 15 is 0 Å². The van der Waals surface area contributed by atoms with Gasteiger partial charge in [-0.2, -0.15) is 5.26 Å². The molecule has 0 unspecified atom stereocenters. The zero-order valence-electron chi connectivity index (χ0n) is 19.2. The van der Waals surface area contributed by atoms with E-state index in [1.807, 2.05) is 18.2 Å². The van der Waals surface area contributed by atoms with Crippen LogP contribution in [0.15, 0.2) is 109 Å². The molecule has 0 amide bonds. The number of benzene rings is 5. The third kappa shape index (κ3) is 2.84. The number of fused-ring (bicyclic) bond motifs is 6. The lowest BCUT2D eigenvalue weighted by Gasteiger charge is -2.08. The molecule has 0 aliphatic heterocycles. The molecule has 0 bridgehead atoms. The fourth-order valence-corrected chi connectivity index (χ4v) is 5.48. The number of aryl methyl sites for hydroxylation is 1. The van der Waals surface area contributed by atoms with Crippen LogP contribution in [0.2, 0.25) is 0 Å². The highest BCUT2D eigenvalue weighted by Crippen LogP contribution is 2.37. The van der Waals surface area contributed by atoms with Crippen LogP contribution in [-0.2, 0) is 7.05 Å². The molecule has 5 aromatic carbocycles. The fourth-order valence-electron chi connectivity index (χ4n) is 5.48. The van der Waals surface area contributed by atoms with Gasteiger partial charge in [0, 0.05) is 45.3 Å². The van der Waals surface area contributed by atoms with Crippen molar-refractivity contribution in [2.24, 2.45) is 7.05 Å². The van der Waals surface area contributed by atoms with Crippen molar-refractivity contribution in [1.82, 2.24) is 9.13 Å². The molecule has 3 nitrogen and oxygen atoms in total. The molecular formula is C32H21N3. The Labute approximate surface area is 202 Å². The van der Waals surface area contributed by atoms with Crippen LogP contribution in [0.25, 0.3) is 60.4 Å². The Morgan fingerprint density at radius 1 is 0.543 bits per heavy atom. The van der Waals surface area contributed by atoms with Crippen molar-refractivity contribution in [3.05, 3.63) is 115 Å². The molecule has 3 heteroatoms. The Balaban J connectivity index is 1.48. The zero-order valence-corrected chi connectivity index (χ0v) is 19.2. The van der Waals surface area contributed by atoms with Gasteiger partial charge >= 0.3 is 0 Å². The summed E-state index contributed by atoms with van der Waals surface area (Å²) in [5, 5.41) is 14.2. The lowest BCUT2D eigenvalue weighted by Crippen LogP contribution is -1.92. The highest BCUT2D eigenvalue weighted by molar-refractivity contribution is 6.12. The van der Waals surface area contributed by atoms with E-state index in [4.69, 9.17) is 0 Å². The second kappa shape index (κ2) is 7.35. The van der Waals surface area contributed by atoms with E-state index in [-0.39, 0.29) is 0 Å². The van der Waals surface area contributed by atoms with E-state index < -0.39 is 0 Å². The van der Waals surface area contributed by atoms with E-state index in [0.717, 1.165) is 16.6 Å². The summed E-state index contributed by atoms with van der Waals surface area (Å²) in [6.45, 7) is 0. The van der Waals surface area contributed by atoms with Crippen LogP contribution in [0.4, 0.5) is 0 Å². The van der Waals surface area contributed by atoms with Crippen LogP contribution in [0.1, 0.15) is 5.56 Å². The van der Waals surface area contributed by atoms with Crippen LogP contribution in [0, 0.1) is 11.3 Å². The number of hydrogen-bond acceptors (Lipinski definition) is 1. The molecule has 0 aliphatic carbocycles. The highest BCUT2D eigenvalue weighted by atomic mass is 15.0. The van der Waals surface area contributed by atoms with Crippen LogP contribution in [0.5, 0.6) is 0 Å². The van der Waals surface area contributed by atoms with E-state index in [0.29, 0.717) is 5.56 Å². The van der Waals surface area contributed by atoms with E-state index in [1.54, 1.807) is 0 Å². The van der Waals surface area contributed by atoms with Gasteiger partial charge in [0.25, 0.3) is 0 Å². The molecule has 0 saturated heterocycles. The Bertz CT molecular complexity index is 1960. The minimum atomic E-state index is 0.686. The molecule has 0 N–H and O–H groups in total. The Hall–Kier alpha value is -4.81. The second-order valence-electron chi connectivity index (χ2n) is 9.05. The van der Waals surface area contributed by atoms with Crippen molar-refractivity contribution in [2.45, 2.75) is 0 Å². The first-order chi connectivity index (χ1) is 17.2. The lowest BCUT2D eigenvalue weighted by atomic mass is 10.0. The molecule has 0 aliphatic rings. The Kier molecular flexibility index (Phi) is 4.12. The van der Waals surface area contributed by atoms with E-state index in [2.05, 4.69) is 113 Å². The molecule has 2 aromatic heterocycles. The van der Waals surface area contributed by atoms with Crippen molar-refractivity contribution in [2.75, 3.05) is 0 Å². The van der Waals surface area contributed by atoms with Gasteiger partial charge in [-0.05, 0) is 71.8 Å². The standard InChI is InChI=1S/C32H21N3/c1-34-29-14-11-21(20-33)17-26(29)28-19-22(12-15-30(28)34)23-13-16-32-27(18-23)25-9-5-6-10-31(25)35(32)24-7-3-2-4-8-24/h2-19H,1H3. The number of aromatic nitrogens is 2. The van der Waals surface area contributed by atoms with E-state index in [9.17, 15) is 5.26 Å². The van der Waals surface area contributed by atoms with Gasteiger partial charge in [0.2, 0.25) is 0 Å². The molecule has 0 saturated carbocycles. The van der Waals surface area contributed by atoms with E-state index in [1.165, 1.54) is 43.8 Å². The molecule has 2 heterocycles. The SMILES string of the molecule is Cn1c2ccc(C#N)cc2c2cc(-c3ccc4c(c3)c3ccccc3n4-c3ccccc3)ccc21. The smallest absolute Gasteiger partial charge is 0.0991 e. The number of nitrogens with zero attached hydrogens (tertiary/aromatic N) is 3. The van der Waals surface area contributed by atoms with Crippen molar-refractivity contribution in [3.8, 4) is 22.9 Å². The first kappa shape index (κ1) is 19.6. The summed E-state index contributed by atoms with van der Waals surface area (Å²) in [6, 6.07) is 40.8. The highest BCUT2D eigenvalue weighted by Gasteiger charge is 2.14. The summed E-state index contributed by atoms with van der Waals surface area (Å²) in [5.74, 6) is 0. The molecule has 164 valence electrons. The molecule has 0 atom stereocenters. The first-order valence-electron chi connectivity index (χ1n) is 11.7. The molecule has 7 rings (SSSR count). The predicted octanol–water partition coefficient (Wildman–Crippen LogP) is 7.97. The van der Waals surface area contributed by atoms with Crippen molar-refractivity contribution >= 4 is 43.6 Å². The molecular weight excluding hydrogens is 426 g/mol. The monoisotopic (exact) mass is 447 g/mol. The van der Waals surface area contributed by atoms with Crippen molar-refractivity contribution in [3.63, 3.8) is 0 Å². The van der Waals surface area contributed by atoms with Crippen LogP contribution in [-0.4, -0.2) is 9.13 Å². The van der Waals surface area contributed by atoms with Gasteiger partial charge in [-0.25, -0.2) is 0 Å². The minimum absolute atomic E-state index is 0.686. The quantitative estimate of drug-likeness (QED) is 0.265. The maximum Gasteiger partial charge on any atom is 0.0991 e. The van der Waals surface area contributed by atoms with Crippen LogP contribution in [0.3, 0.4) is 0 Å². The number of rotatable bonds is 2. The topological polar surface area (TPSA) is 33.6 Å². The van der Waals surface area contributed by atoms with Crippen LogP contribution < -0.4 is 0 Å². The summed E-state index contributed by atoms with van der Waals surface area (Å²) in [6.07, 6.45) is 0. The van der Waals surface area contributed by atoms with Crippen molar-refractivity contribution in [1.29, 1.82) is 5.26 Å². The Morgan fingerprint density at radius 2 is 1.11 bits per heavy atom. The van der Waals surface area contributed by atoms with Gasteiger partial charge in [-0.3, -0.25) is 0 Å². The third-order valence-electron chi connectivity index (χ3n) is 7.16. The van der Waals surface area contributed by atoms with Crippen molar-refractivity contribution < 1.29 is 0 Å². The first-order valence-corrected chi connectivity index (χ1v) is 11.7.